The summed E-state index contributed by atoms with van der Waals surface area (Å²) in [6, 6.07) is 9.92. The molecule has 0 atom stereocenters. The Hall–Kier alpha value is -2.89. The summed E-state index contributed by atoms with van der Waals surface area (Å²) >= 11 is 0. The highest BCUT2D eigenvalue weighted by Gasteiger charge is 2.17. The maximum Gasteiger partial charge on any atom is 0.277 e. The maximum absolute atomic E-state index is 13.0. The molecule has 0 aliphatic carbocycles. The van der Waals surface area contributed by atoms with Gasteiger partial charge in [0.2, 0.25) is 5.91 Å². The van der Waals surface area contributed by atoms with E-state index in [1.807, 2.05) is 62.7 Å². The lowest BCUT2D eigenvalue weighted by atomic mass is 10.1. The molecule has 0 saturated heterocycles. The van der Waals surface area contributed by atoms with Gasteiger partial charge in [0.05, 0.1) is 5.69 Å². The first kappa shape index (κ1) is 17.9. The molecular weight excluding hydrogens is 328 g/mol. The zero-order chi connectivity index (χ0) is 18.8. The van der Waals surface area contributed by atoms with E-state index in [0.717, 1.165) is 28.2 Å². The van der Waals surface area contributed by atoms with Crippen molar-refractivity contribution >= 4 is 11.6 Å². The molecular formula is C20H24N4O2. The zero-order valence-electron chi connectivity index (χ0n) is 15.7. The minimum Gasteiger partial charge on any atom is -0.356 e. The second-order valence-corrected chi connectivity index (χ2v) is 6.50. The smallest absolute Gasteiger partial charge is 0.277 e. The molecule has 6 nitrogen and oxygen atoms in total. The molecule has 3 rings (SSSR count). The van der Waals surface area contributed by atoms with Crippen LogP contribution in [0.1, 0.15) is 30.2 Å². The fraction of sp³-hybridized carbons (Fsp3) is 0.350. The Morgan fingerprint density at radius 1 is 1.23 bits per heavy atom. The maximum atomic E-state index is 13.0. The van der Waals surface area contributed by atoms with Crippen molar-refractivity contribution in [1.29, 1.82) is 0 Å². The molecule has 0 aliphatic heterocycles. The zero-order valence-corrected chi connectivity index (χ0v) is 15.7. The topological polar surface area (TPSA) is 68.4 Å². The highest BCUT2D eigenvalue weighted by Crippen LogP contribution is 2.23. The summed E-state index contributed by atoms with van der Waals surface area (Å²) in [5, 5.41) is 7.32. The summed E-state index contributed by atoms with van der Waals surface area (Å²) in [4.78, 5) is 24.7. The minimum absolute atomic E-state index is 0.0462. The molecule has 26 heavy (non-hydrogen) atoms. The number of nitrogens with one attached hydrogen (secondary N) is 1. The van der Waals surface area contributed by atoms with Crippen LogP contribution in [-0.4, -0.2) is 26.6 Å². The van der Waals surface area contributed by atoms with E-state index in [1.54, 1.807) is 0 Å². The fourth-order valence-electron chi connectivity index (χ4n) is 3.22. The molecule has 0 fully saturated rings. The Bertz CT molecular complexity index is 1030. The van der Waals surface area contributed by atoms with Crippen molar-refractivity contribution in [2.75, 3.05) is 6.54 Å². The number of aromatic nitrogens is 3. The fourth-order valence-corrected chi connectivity index (χ4v) is 3.22. The van der Waals surface area contributed by atoms with Gasteiger partial charge in [0.1, 0.15) is 5.65 Å². The number of carbonyl (C=O) groups excluding carboxylic acids is 1. The second kappa shape index (κ2) is 7.15. The standard InChI is InChI=1S/C20H24N4O2/c1-5-21-18(25)11-10-16-14(3)23(4)19-12-17(22-24(19)20(16)26)15-9-7-6-8-13(15)2/h6-9,12H,5,10-11H2,1-4H3,(H,21,25). The van der Waals surface area contributed by atoms with E-state index in [1.165, 1.54) is 4.52 Å². The number of aryl methyl sites for hydroxylation is 2. The van der Waals surface area contributed by atoms with Gasteiger partial charge in [0.15, 0.2) is 0 Å². The van der Waals surface area contributed by atoms with Crippen LogP contribution in [0.15, 0.2) is 35.1 Å². The van der Waals surface area contributed by atoms with E-state index in [0.29, 0.717) is 24.9 Å². The third-order valence-corrected chi connectivity index (χ3v) is 4.82. The number of hydrogen-bond donors (Lipinski definition) is 1. The Balaban J connectivity index is 2.08. The van der Waals surface area contributed by atoms with E-state index in [9.17, 15) is 9.59 Å². The molecule has 0 aliphatic rings. The van der Waals surface area contributed by atoms with Gasteiger partial charge in [0.25, 0.3) is 5.56 Å². The summed E-state index contributed by atoms with van der Waals surface area (Å²) < 4.78 is 3.41. The lowest BCUT2D eigenvalue weighted by molar-refractivity contribution is -0.120. The van der Waals surface area contributed by atoms with E-state index in [-0.39, 0.29) is 11.5 Å². The normalized spacial score (nSPS) is 11.1. The molecule has 0 bridgehead atoms. The molecule has 136 valence electrons. The molecule has 1 N–H and O–H groups in total. The second-order valence-electron chi connectivity index (χ2n) is 6.50. The summed E-state index contributed by atoms with van der Waals surface area (Å²) in [6.07, 6.45) is 0.696. The Labute approximate surface area is 152 Å². The molecule has 3 aromatic rings. The number of nitrogens with zero attached hydrogens (tertiary/aromatic N) is 3. The van der Waals surface area contributed by atoms with Crippen LogP contribution < -0.4 is 10.9 Å². The van der Waals surface area contributed by atoms with E-state index in [2.05, 4.69) is 10.4 Å². The first-order chi connectivity index (χ1) is 12.4. The van der Waals surface area contributed by atoms with Gasteiger partial charge in [-0.1, -0.05) is 24.3 Å². The molecule has 0 spiro atoms. The van der Waals surface area contributed by atoms with Gasteiger partial charge in [-0.3, -0.25) is 9.59 Å². The third-order valence-electron chi connectivity index (χ3n) is 4.82. The lowest BCUT2D eigenvalue weighted by Crippen LogP contribution is -2.27. The molecule has 1 aromatic carbocycles. The number of rotatable bonds is 5. The Morgan fingerprint density at radius 2 is 1.96 bits per heavy atom. The first-order valence-electron chi connectivity index (χ1n) is 8.85. The summed E-state index contributed by atoms with van der Waals surface area (Å²) in [5.74, 6) is -0.0462. The van der Waals surface area contributed by atoms with E-state index >= 15 is 0 Å². The van der Waals surface area contributed by atoms with Crippen LogP contribution in [0.25, 0.3) is 16.9 Å². The number of hydrogen-bond acceptors (Lipinski definition) is 3. The molecule has 2 aromatic heterocycles. The van der Waals surface area contributed by atoms with Crippen molar-refractivity contribution in [3.63, 3.8) is 0 Å². The molecule has 1 amide bonds. The quantitative estimate of drug-likeness (QED) is 0.767. The molecule has 0 unspecified atom stereocenters. The van der Waals surface area contributed by atoms with Crippen LogP contribution >= 0.6 is 0 Å². The van der Waals surface area contributed by atoms with Gasteiger partial charge in [-0.2, -0.15) is 9.61 Å². The van der Waals surface area contributed by atoms with Crippen LogP contribution in [0.5, 0.6) is 0 Å². The van der Waals surface area contributed by atoms with Crippen molar-refractivity contribution in [2.24, 2.45) is 7.05 Å². The Morgan fingerprint density at radius 3 is 2.65 bits per heavy atom. The van der Waals surface area contributed by atoms with Gasteiger partial charge < -0.3 is 9.88 Å². The largest absolute Gasteiger partial charge is 0.356 e. The van der Waals surface area contributed by atoms with Gasteiger partial charge >= 0.3 is 0 Å². The summed E-state index contributed by atoms with van der Waals surface area (Å²) in [6.45, 7) is 6.41. The van der Waals surface area contributed by atoms with Crippen LogP contribution in [0.2, 0.25) is 0 Å². The Kier molecular flexibility index (Phi) is 4.93. The predicted octanol–water partition coefficient (Wildman–Crippen LogP) is 2.39. The number of amides is 1. The molecule has 0 saturated carbocycles. The van der Waals surface area contributed by atoms with Gasteiger partial charge in [-0.15, -0.1) is 0 Å². The van der Waals surface area contributed by atoms with Crippen molar-refractivity contribution in [3.8, 4) is 11.3 Å². The average Bonchev–Trinajstić information content (AvgIpc) is 3.06. The number of carbonyl (C=O) groups is 1. The predicted molar refractivity (Wildman–Crippen MR) is 102 cm³/mol. The van der Waals surface area contributed by atoms with Crippen LogP contribution in [0.3, 0.4) is 0 Å². The average molecular weight is 352 g/mol. The monoisotopic (exact) mass is 352 g/mol. The minimum atomic E-state index is -0.153. The highest BCUT2D eigenvalue weighted by molar-refractivity contribution is 5.76. The molecule has 6 heteroatoms. The highest BCUT2D eigenvalue weighted by atomic mass is 16.1. The van der Waals surface area contributed by atoms with Gasteiger partial charge in [-0.05, 0) is 32.8 Å². The van der Waals surface area contributed by atoms with Crippen LogP contribution in [0, 0.1) is 13.8 Å². The molecule has 2 heterocycles. The van der Waals surface area contributed by atoms with Crippen LogP contribution in [0.4, 0.5) is 0 Å². The number of fused-ring (bicyclic) bond motifs is 1. The van der Waals surface area contributed by atoms with Gasteiger partial charge in [0, 0.05) is 42.9 Å². The molecule has 0 radical (unpaired) electrons. The van der Waals surface area contributed by atoms with Crippen LogP contribution in [-0.2, 0) is 18.3 Å². The third kappa shape index (κ3) is 3.14. The summed E-state index contributed by atoms with van der Waals surface area (Å²) in [7, 11) is 1.92. The van der Waals surface area contributed by atoms with Crippen molar-refractivity contribution in [1.82, 2.24) is 19.5 Å². The number of benzene rings is 1. The van der Waals surface area contributed by atoms with Crippen molar-refractivity contribution in [2.45, 2.75) is 33.6 Å². The van der Waals surface area contributed by atoms with Gasteiger partial charge in [-0.25, -0.2) is 0 Å². The SMILES string of the molecule is CCNC(=O)CCc1c(C)n(C)c2cc(-c3ccccc3C)nn2c1=O. The summed E-state index contributed by atoms with van der Waals surface area (Å²) in [5.41, 5.74) is 4.98. The lowest BCUT2D eigenvalue weighted by Gasteiger charge is -2.12. The van der Waals surface area contributed by atoms with Crippen molar-refractivity contribution < 1.29 is 4.79 Å². The van der Waals surface area contributed by atoms with Crippen molar-refractivity contribution in [3.05, 3.63) is 57.5 Å². The van der Waals surface area contributed by atoms with E-state index < -0.39 is 0 Å². The van der Waals surface area contributed by atoms with E-state index in [4.69, 9.17) is 0 Å². The first-order valence-corrected chi connectivity index (χ1v) is 8.85.